The summed E-state index contributed by atoms with van der Waals surface area (Å²) in [5.41, 5.74) is 0.614. The van der Waals surface area contributed by atoms with Crippen LogP contribution in [0.15, 0.2) is 68.3 Å². The Bertz CT molecular complexity index is 1200. The van der Waals surface area contributed by atoms with Gasteiger partial charge in [0, 0.05) is 22.5 Å². The van der Waals surface area contributed by atoms with E-state index in [0.29, 0.717) is 21.1 Å². The smallest absolute Gasteiger partial charge is 0.349 e. The first-order valence-electron chi connectivity index (χ1n) is 7.93. The van der Waals surface area contributed by atoms with E-state index in [2.05, 4.69) is 26.1 Å². The fourth-order valence-corrected chi connectivity index (χ4v) is 3.61. The summed E-state index contributed by atoms with van der Waals surface area (Å²) in [6, 6.07) is 16.2. The third-order valence-corrected chi connectivity index (χ3v) is 5.55. The molecule has 0 bridgehead atoms. The van der Waals surface area contributed by atoms with Crippen LogP contribution >= 0.6 is 27.3 Å². The fraction of sp³-hybridized carbons (Fsp3) is 0.0526. The second-order valence-electron chi connectivity index (χ2n) is 5.75. The second-order valence-corrected chi connectivity index (χ2v) is 7.62. The summed E-state index contributed by atoms with van der Waals surface area (Å²) in [4.78, 5) is 26.3. The van der Waals surface area contributed by atoms with Crippen LogP contribution in [0.4, 0.5) is 5.13 Å². The lowest BCUT2D eigenvalue weighted by Crippen LogP contribution is -2.30. The van der Waals surface area contributed by atoms with Crippen LogP contribution in [0.1, 0.15) is 10.4 Å². The molecule has 134 valence electrons. The standard InChI is InChI=1S/C19H12BrN3O3S/c1-23(19-22-21-16(27-19)11-6-8-13(20)9-7-11)17(24)14-10-12-4-2-3-5-15(12)26-18(14)25/h2-10H,1H3. The molecule has 0 spiro atoms. The molecule has 4 aromatic rings. The zero-order valence-electron chi connectivity index (χ0n) is 14.0. The van der Waals surface area contributed by atoms with Crippen molar-refractivity contribution in [1.82, 2.24) is 10.2 Å². The maximum atomic E-state index is 12.8. The summed E-state index contributed by atoms with van der Waals surface area (Å²) in [5.74, 6) is -0.493. The van der Waals surface area contributed by atoms with Gasteiger partial charge in [0.15, 0.2) is 0 Å². The van der Waals surface area contributed by atoms with Crippen molar-refractivity contribution in [2.45, 2.75) is 0 Å². The molecule has 0 fully saturated rings. The van der Waals surface area contributed by atoms with Crippen molar-refractivity contribution in [3.05, 3.63) is 75.1 Å². The van der Waals surface area contributed by atoms with Crippen molar-refractivity contribution in [3.8, 4) is 10.6 Å². The molecule has 0 saturated carbocycles. The number of aromatic nitrogens is 2. The molecule has 2 aromatic heterocycles. The van der Waals surface area contributed by atoms with Crippen LogP contribution in [0, 0.1) is 0 Å². The van der Waals surface area contributed by atoms with Gasteiger partial charge in [0.25, 0.3) is 5.91 Å². The van der Waals surface area contributed by atoms with Crippen molar-refractivity contribution in [2.24, 2.45) is 0 Å². The fourth-order valence-electron chi connectivity index (χ4n) is 2.54. The normalized spacial score (nSPS) is 10.9. The van der Waals surface area contributed by atoms with Gasteiger partial charge >= 0.3 is 5.63 Å². The van der Waals surface area contributed by atoms with Crippen molar-refractivity contribution >= 4 is 49.3 Å². The Morgan fingerprint density at radius 1 is 1.11 bits per heavy atom. The Morgan fingerprint density at radius 3 is 2.63 bits per heavy atom. The highest BCUT2D eigenvalue weighted by Gasteiger charge is 2.22. The minimum absolute atomic E-state index is 0.0448. The molecule has 8 heteroatoms. The average Bonchev–Trinajstić information content (AvgIpc) is 3.17. The van der Waals surface area contributed by atoms with Crippen LogP contribution in [0.3, 0.4) is 0 Å². The SMILES string of the molecule is CN(C(=O)c1cc2ccccc2oc1=O)c1nnc(-c2ccc(Br)cc2)s1. The number of hydrogen-bond acceptors (Lipinski definition) is 6. The highest BCUT2D eigenvalue weighted by Crippen LogP contribution is 2.29. The van der Waals surface area contributed by atoms with E-state index in [1.54, 1.807) is 25.2 Å². The first-order valence-corrected chi connectivity index (χ1v) is 9.54. The number of halogens is 1. The maximum absolute atomic E-state index is 12.8. The van der Waals surface area contributed by atoms with E-state index in [0.717, 1.165) is 10.0 Å². The van der Waals surface area contributed by atoms with Gasteiger partial charge in [-0.05, 0) is 24.3 Å². The summed E-state index contributed by atoms with van der Waals surface area (Å²) in [6.07, 6.45) is 0. The third-order valence-electron chi connectivity index (χ3n) is 3.97. The van der Waals surface area contributed by atoms with Crippen molar-refractivity contribution in [3.63, 3.8) is 0 Å². The largest absolute Gasteiger partial charge is 0.422 e. The summed E-state index contributed by atoms with van der Waals surface area (Å²) >= 11 is 4.66. The van der Waals surface area contributed by atoms with Crippen LogP contribution in [-0.4, -0.2) is 23.2 Å². The number of anilines is 1. The molecule has 0 saturated heterocycles. The minimum atomic E-state index is -0.678. The number of rotatable bonds is 3. The Balaban J connectivity index is 1.66. The van der Waals surface area contributed by atoms with Crippen molar-refractivity contribution in [2.75, 3.05) is 11.9 Å². The monoisotopic (exact) mass is 441 g/mol. The number of nitrogens with zero attached hydrogens (tertiary/aromatic N) is 3. The van der Waals surface area contributed by atoms with E-state index in [9.17, 15) is 9.59 Å². The molecule has 2 heterocycles. The van der Waals surface area contributed by atoms with Crippen LogP contribution in [0.2, 0.25) is 0 Å². The summed E-state index contributed by atoms with van der Waals surface area (Å²) < 4.78 is 6.21. The van der Waals surface area contributed by atoms with Gasteiger partial charge in [-0.3, -0.25) is 9.69 Å². The van der Waals surface area contributed by atoms with Gasteiger partial charge in [0.1, 0.15) is 16.2 Å². The topological polar surface area (TPSA) is 76.3 Å². The van der Waals surface area contributed by atoms with Gasteiger partial charge in [-0.2, -0.15) is 0 Å². The number of carbonyl (C=O) groups excluding carboxylic acids is 1. The number of amides is 1. The number of carbonyl (C=O) groups is 1. The molecule has 27 heavy (non-hydrogen) atoms. The minimum Gasteiger partial charge on any atom is -0.422 e. The Hall–Kier alpha value is -2.84. The highest BCUT2D eigenvalue weighted by molar-refractivity contribution is 9.10. The number of fused-ring (bicyclic) bond motifs is 1. The summed E-state index contributed by atoms with van der Waals surface area (Å²) in [5, 5.41) is 9.99. The van der Waals surface area contributed by atoms with E-state index in [-0.39, 0.29) is 5.56 Å². The van der Waals surface area contributed by atoms with E-state index >= 15 is 0 Å². The second kappa shape index (κ2) is 7.05. The van der Waals surface area contributed by atoms with Gasteiger partial charge in [0.05, 0.1) is 0 Å². The van der Waals surface area contributed by atoms with Crippen LogP contribution < -0.4 is 10.5 Å². The van der Waals surface area contributed by atoms with E-state index in [4.69, 9.17) is 4.42 Å². The molecule has 0 unspecified atom stereocenters. The zero-order valence-corrected chi connectivity index (χ0v) is 16.5. The molecular formula is C19H12BrN3O3S. The van der Waals surface area contributed by atoms with E-state index < -0.39 is 11.5 Å². The molecule has 0 N–H and O–H groups in total. The number of hydrogen-bond donors (Lipinski definition) is 0. The van der Waals surface area contributed by atoms with E-state index in [1.807, 2.05) is 30.3 Å². The highest BCUT2D eigenvalue weighted by atomic mass is 79.9. The van der Waals surface area contributed by atoms with Gasteiger partial charge in [0.2, 0.25) is 5.13 Å². The molecule has 2 aromatic carbocycles. The Labute approximate surface area is 166 Å². The zero-order chi connectivity index (χ0) is 19.0. The molecule has 0 aliphatic rings. The van der Waals surface area contributed by atoms with Crippen molar-refractivity contribution < 1.29 is 9.21 Å². The van der Waals surface area contributed by atoms with Crippen LogP contribution in [0.25, 0.3) is 21.5 Å². The van der Waals surface area contributed by atoms with Crippen LogP contribution in [-0.2, 0) is 0 Å². The van der Waals surface area contributed by atoms with E-state index in [1.165, 1.54) is 22.3 Å². The molecule has 4 rings (SSSR count). The Kier molecular flexibility index (Phi) is 4.59. The lowest BCUT2D eigenvalue weighted by Gasteiger charge is -2.12. The predicted molar refractivity (Wildman–Crippen MR) is 108 cm³/mol. The van der Waals surface area contributed by atoms with Gasteiger partial charge < -0.3 is 4.42 Å². The quantitative estimate of drug-likeness (QED) is 0.441. The lowest BCUT2D eigenvalue weighted by molar-refractivity contribution is 0.0989. The molecular weight excluding hydrogens is 430 g/mol. The first-order chi connectivity index (χ1) is 13.0. The lowest BCUT2D eigenvalue weighted by atomic mass is 10.2. The molecule has 0 radical (unpaired) electrons. The molecule has 1 amide bonds. The molecule has 0 atom stereocenters. The van der Waals surface area contributed by atoms with Gasteiger partial charge in [-0.15, -0.1) is 10.2 Å². The van der Waals surface area contributed by atoms with Crippen LogP contribution in [0.5, 0.6) is 0 Å². The average molecular weight is 442 g/mol. The molecule has 0 aliphatic heterocycles. The number of para-hydroxylation sites is 1. The molecule has 6 nitrogen and oxygen atoms in total. The molecule has 0 aliphatic carbocycles. The summed E-state index contributed by atoms with van der Waals surface area (Å²) in [7, 11) is 1.56. The number of benzene rings is 2. The predicted octanol–water partition coefficient (Wildman–Crippen LogP) is 4.35. The summed E-state index contributed by atoms with van der Waals surface area (Å²) in [6.45, 7) is 0. The van der Waals surface area contributed by atoms with Crippen molar-refractivity contribution in [1.29, 1.82) is 0 Å². The van der Waals surface area contributed by atoms with Gasteiger partial charge in [-0.1, -0.05) is 57.6 Å². The van der Waals surface area contributed by atoms with Gasteiger partial charge in [-0.25, -0.2) is 4.79 Å². The Morgan fingerprint density at radius 2 is 1.85 bits per heavy atom. The maximum Gasteiger partial charge on any atom is 0.349 e. The first kappa shape index (κ1) is 17.6. The third kappa shape index (κ3) is 3.41.